The topological polar surface area (TPSA) is 42.0 Å². The van der Waals surface area contributed by atoms with Crippen molar-refractivity contribution >= 4 is 67.4 Å². The van der Waals surface area contributed by atoms with Crippen molar-refractivity contribution < 1.29 is 14.3 Å². The predicted molar refractivity (Wildman–Crippen MR) is 146 cm³/mol. The van der Waals surface area contributed by atoms with Gasteiger partial charge in [0.05, 0.1) is 0 Å². The third kappa shape index (κ3) is 10.0. The molecule has 0 atom stereocenters. The maximum Gasteiger partial charge on any atom is 0.425 e. The molecule has 0 bridgehead atoms. The molecule has 2 rings (SSSR count). The maximum absolute atomic E-state index is 12.5. The number of carbonyl (C=O) groups excluding carboxylic acids is 1. The summed E-state index contributed by atoms with van der Waals surface area (Å²) in [5.41, 5.74) is 0.807. The van der Waals surface area contributed by atoms with Crippen molar-refractivity contribution in [2.45, 2.75) is 65.4 Å². The van der Waals surface area contributed by atoms with E-state index in [2.05, 4.69) is 18.2 Å². The van der Waals surface area contributed by atoms with Gasteiger partial charge in [-0.3, -0.25) is 0 Å². The molecular weight excluding hydrogens is 509 g/mol. The van der Waals surface area contributed by atoms with Crippen molar-refractivity contribution in [1.29, 1.82) is 0 Å². The SMILES string of the molecule is CCCCN(CCCC)SSSSSSN(C)C(=O)Oc1cccc2c1OC(C)(C)C2. The molecule has 0 radical (unpaired) electrons. The molecule has 0 aliphatic carbocycles. The third-order valence-corrected chi connectivity index (χ3v) is 14.9. The van der Waals surface area contributed by atoms with Crippen LogP contribution >= 0.6 is 61.3 Å². The highest BCUT2D eigenvalue weighted by molar-refractivity contribution is 9.41. The van der Waals surface area contributed by atoms with Crippen molar-refractivity contribution in [3.8, 4) is 11.5 Å². The molecule has 176 valence electrons. The van der Waals surface area contributed by atoms with E-state index >= 15 is 0 Å². The molecule has 1 aliphatic rings. The monoisotopic (exact) mass is 540 g/mol. The van der Waals surface area contributed by atoms with E-state index in [4.69, 9.17) is 9.47 Å². The number of fused-ring (bicyclic) bond motifs is 1. The smallest absolute Gasteiger partial charge is 0.425 e. The number of carbonyl (C=O) groups is 1. The number of ether oxygens (including phenoxy) is 2. The summed E-state index contributed by atoms with van der Waals surface area (Å²) in [7, 11) is 11.6. The van der Waals surface area contributed by atoms with Crippen LogP contribution in [0.25, 0.3) is 0 Å². The van der Waals surface area contributed by atoms with Gasteiger partial charge in [-0.15, -0.1) is 0 Å². The number of para-hydroxylation sites is 1. The zero-order valence-electron chi connectivity index (χ0n) is 18.8. The quantitative estimate of drug-likeness (QED) is 0.130. The fourth-order valence-corrected chi connectivity index (χ4v) is 13.8. The Bertz CT molecular complexity index is 687. The summed E-state index contributed by atoms with van der Waals surface area (Å²) in [5, 5.41) is 0. The molecular formula is C20H32N2O3S6. The molecule has 1 aromatic rings. The molecule has 1 heterocycles. The van der Waals surface area contributed by atoms with E-state index in [-0.39, 0.29) is 5.60 Å². The summed E-state index contributed by atoms with van der Waals surface area (Å²) in [6.45, 7) is 10.8. The van der Waals surface area contributed by atoms with Crippen molar-refractivity contribution in [2.24, 2.45) is 0 Å². The van der Waals surface area contributed by atoms with Crippen LogP contribution in [0.5, 0.6) is 11.5 Å². The Kier molecular flexibility index (Phi) is 13.0. The zero-order valence-corrected chi connectivity index (χ0v) is 23.6. The minimum absolute atomic E-state index is 0.270. The molecule has 0 N–H and O–H groups in total. The molecule has 11 heteroatoms. The van der Waals surface area contributed by atoms with Gasteiger partial charge in [-0.1, -0.05) is 38.8 Å². The first-order chi connectivity index (χ1) is 14.9. The van der Waals surface area contributed by atoms with Gasteiger partial charge in [-0.2, -0.15) is 0 Å². The van der Waals surface area contributed by atoms with Crippen LogP contribution in [0, 0.1) is 0 Å². The minimum Gasteiger partial charge on any atom is -0.483 e. The van der Waals surface area contributed by atoms with Crippen molar-refractivity contribution in [3.63, 3.8) is 0 Å². The first-order valence-corrected chi connectivity index (χ1v) is 17.8. The highest BCUT2D eigenvalue weighted by Gasteiger charge is 2.33. The van der Waals surface area contributed by atoms with Gasteiger partial charge in [0.1, 0.15) is 5.60 Å². The normalized spacial score (nSPS) is 14.4. The van der Waals surface area contributed by atoms with Crippen molar-refractivity contribution in [2.75, 3.05) is 20.1 Å². The number of benzene rings is 1. The van der Waals surface area contributed by atoms with Crippen LogP contribution in [0.15, 0.2) is 18.2 Å². The summed E-state index contributed by atoms with van der Waals surface area (Å²) < 4.78 is 15.5. The van der Waals surface area contributed by atoms with Crippen LogP contribution in [0.4, 0.5) is 4.79 Å². The molecule has 1 aromatic carbocycles. The summed E-state index contributed by atoms with van der Waals surface area (Å²) in [6, 6.07) is 5.70. The van der Waals surface area contributed by atoms with E-state index in [0.29, 0.717) is 11.5 Å². The molecule has 5 nitrogen and oxygen atoms in total. The molecule has 0 spiro atoms. The lowest BCUT2D eigenvalue weighted by Crippen LogP contribution is -2.25. The summed E-state index contributed by atoms with van der Waals surface area (Å²) >= 11 is 0. The minimum atomic E-state index is -0.405. The van der Waals surface area contributed by atoms with E-state index in [9.17, 15) is 4.79 Å². The Morgan fingerprint density at radius 3 is 2.35 bits per heavy atom. The fraction of sp³-hybridized carbons (Fsp3) is 0.650. The molecule has 0 saturated heterocycles. The Hall–Kier alpha value is 0.350. The molecule has 1 aliphatic heterocycles. The van der Waals surface area contributed by atoms with E-state index in [1.54, 1.807) is 52.4 Å². The highest BCUT2D eigenvalue weighted by atomic mass is 33.9. The second kappa shape index (κ2) is 14.6. The van der Waals surface area contributed by atoms with Crippen LogP contribution in [-0.4, -0.2) is 40.4 Å². The van der Waals surface area contributed by atoms with Gasteiger partial charge >= 0.3 is 6.09 Å². The Morgan fingerprint density at radius 2 is 1.71 bits per heavy atom. The maximum atomic E-state index is 12.5. The largest absolute Gasteiger partial charge is 0.483 e. The van der Waals surface area contributed by atoms with Crippen molar-refractivity contribution in [1.82, 2.24) is 8.61 Å². The Labute approximate surface area is 209 Å². The van der Waals surface area contributed by atoms with Gasteiger partial charge in [0.2, 0.25) is 0 Å². The van der Waals surface area contributed by atoms with Gasteiger partial charge in [0.25, 0.3) is 0 Å². The number of hydrogen-bond donors (Lipinski definition) is 0. The molecule has 31 heavy (non-hydrogen) atoms. The van der Waals surface area contributed by atoms with Crippen LogP contribution in [0.1, 0.15) is 58.9 Å². The second-order valence-electron chi connectivity index (χ2n) is 7.71. The second-order valence-corrected chi connectivity index (χ2v) is 17.0. The van der Waals surface area contributed by atoms with E-state index in [1.807, 2.05) is 37.0 Å². The number of nitrogens with zero attached hydrogens (tertiary/aromatic N) is 2. The number of hydrogen-bond acceptors (Lipinski definition) is 10. The van der Waals surface area contributed by atoms with Crippen LogP contribution in [0.2, 0.25) is 0 Å². The first kappa shape index (κ1) is 27.6. The lowest BCUT2D eigenvalue weighted by molar-refractivity contribution is 0.132. The summed E-state index contributed by atoms with van der Waals surface area (Å²) in [6.07, 6.45) is 5.32. The fourth-order valence-electron chi connectivity index (χ4n) is 2.85. The van der Waals surface area contributed by atoms with Gasteiger partial charge < -0.3 is 9.47 Å². The Morgan fingerprint density at radius 1 is 1.06 bits per heavy atom. The lowest BCUT2D eigenvalue weighted by Gasteiger charge is -2.19. The van der Waals surface area contributed by atoms with E-state index in [1.165, 1.54) is 41.0 Å². The number of rotatable bonds is 14. The van der Waals surface area contributed by atoms with E-state index in [0.717, 1.165) is 25.1 Å². The average Bonchev–Trinajstić information content (AvgIpc) is 3.06. The number of amides is 1. The van der Waals surface area contributed by atoms with Gasteiger partial charge in [0, 0.05) is 93.4 Å². The van der Waals surface area contributed by atoms with Gasteiger partial charge in [-0.05, 0) is 32.8 Å². The molecule has 0 aromatic heterocycles. The molecule has 0 unspecified atom stereocenters. The van der Waals surface area contributed by atoms with E-state index < -0.39 is 6.09 Å². The molecule has 0 saturated carbocycles. The standard InChI is InChI=1S/C20H32N2O3S6/c1-6-8-13-22(14-9-7-2)27-29-31-30-28-26-21(5)19(23)24-17-12-10-11-16-15-20(3,4)25-18(16)17/h10-12H,6-9,13-15H2,1-5H3. The highest BCUT2D eigenvalue weighted by Crippen LogP contribution is 2.53. The molecule has 1 amide bonds. The van der Waals surface area contributed by atoms with Gasteiger partial charge in [0.15, 0.2) is 11.5 Å². The van der Waals surface area contributed by atoms with Crippen LogP contribution in [-0.2, 0) is 6.42 Å². The Balaban J connectivity index is 1.66. The third-order valence-electron chi connectivity index (χ3n) is 4.39. The summed E-state index contributed by atoms with van der Waals surface area (Å²) in [4.78, 5) is 12.5. The average molecular weight is 541 g/mol. The number of unbranched alkanes of at least 4 members (excludes halogenated alkanes) is 2. The summed E-state index contributed by atoms with van der Waals surface area (Å²) in [5.74, 6) is 1.17. The van der Waals surface area contributed by atoms with Gasteiger partial charge in [-0.25, -0.2) is 13.4 Å². The first-order valence-electron chi connectivity index (χ1n) is 10.4. The predicted octanol–water partition coefficient (Wildman–Crippen LogP) is 8.54. The zero-order chi connectivity index (χ0) is 22.7. The van der Waals surface area contributed by atoms with Crippen molar-refractivity contribution in [3.05, 3.63) is 23.8 Å². The van der Waals surface area contributed by atoms with Crippen LogP contribution < -0.4 is 9.47 Å². The molecule has 0 fully saturated rings. The lowest BCUT2D eigenvalue weighted by atomic mass is 10.0. The van der Waals surface area contributed by atoms with Crippen LogP contribution in [0.3, 0.4) is 0 Å².